The summed E-state index contributed by atoms with van der Waals surface area (Å²) in [5, 5.41) is 4.49. The number of imide groups is 1. The molecule has 3 rings (SSSR count). The molecule has 4 amide bonds. The Balaban J connectivity index is 1.68. The van der Waals surface area contributed by atoms with Gasteiger partial charge in [0.15, 0.2) is 0 Å². The van der Waals surface area contributed by atoms with Gasteiger partial charge in [-0.25, -0.2) is 0 Å². The Labute approximate surface area is 136 Å². The molecule has 1 aliphatic heterocycles. The van der Waals surface area contributed by atoms with Gasteiger partial charge in [-0.3, -0.25) is 24.1 Å². The van der Waals surface area contributed by atoms with Crippen LogP contribution in [0, 0.1) is 11.8 Å². The van der Waals surface area contributed by atoms with E-state index in [0.29, 0.717) is 17.8 Å². The summed E-state index contributed by atoms with van der Waals surface area (Å²) in [4.78, 5) is 48.9. The van der Waals surface area contributed by atoms with E-state index in [0.717, 1.165) is 16.2 Å². The summed E-state index contributed by atoms with van der Waals surface area (Å²) in [6, 6.07) is 1.51. The van der Waals surface area contributed by atoms with Gasteiger partial charge in [-0.05, 0) is 24.3 Å². The van der Waals surface area contributed by atoms with E-state index in [1.807, 2.05) is 12.2 Å². The number of thiophene rings is 1. The summed E-state index contributed by atoms with van der Waals surface area (Å²) in [5.74, 6) is -2.50. The molecule has 8 heteroatoms. The molecule has 0 spiro atoms. The zero-order valence-corrected chi connectivity index (χ0v) is 13.0. The fourth-order valence-electron chi connectivity index (χ4n) is 2.93. The normalized spacial score (nSPS) is 23.0. The number of primary amides is 1. The van der Waals surface area contributed by atoms with Gasteiger partial charge >= 0.3 is 0 Å². The highest BCUT2D eigenvalue weighted by Gasteiger charge is 2.47. The Morgan fingerprint density at radius 3 is 2.39 bits per heavy atom. The first-order chi connectivity index (χ1) is 11.0. The van der Waals surface area contributed by atoms with E-state index in [2.05, 4.69) is 5.32 Å². The van der Waals surface area contributed by atoms with Crippen molar-refractivity contribution in [1.82, 2.24) is 4.90 Å². The van der Waals surface area contributed by atoms with Crippen LogP contribution in [0.2, 0.25) is 0 Å². The molecule has 1 aromatic heterocycles. The Kier molecular flexibility index (Phi) is 3.99. The van der Waals surface area contributed by atoms with Crippen LogP contribution in [0.4, 0.5) is 5.00 Å². The molecule has 2 atom stereocenters. The van der Waals surface area contributed by atoms with Crippen molar-refractivity contribution in [2.24, 2.45) is 17.6 Å². The molecule has 2 heterocycles. The first-order valence-corrected chi connectivity index (χ1v) is 8.04. The standard InChI is InChI=1S/C15H15N3O4S/c16-12(20)10-5-6-23-13(10)17-11(19)7-18-14(21)8-3-1-2-4-9(8)15(18)22/h1-2,5-6,8-9H,3-4,7H2,(H2,16,20)(H,17,19)/t8-,9+. The van der Waals surface area contributed by atoms with Crippen molar-refractivity contribution in [3.05, 3.63) is 29.2 Å². The number of likely N-dealkylation sites (tertiary alicyclic amines) is 1. The molecule has 0 aromatic carbocycles. The van der Waals surface area contributed by atoms with Gasteiger partial charge in [-0.1, -0.05) is 12.2 Å². The number of rotatable bonds is 4. The molecule has 7 nitrogen and oxygen atoms in total. The lowest BCUT2D eigenvalue weighted by molar-refractivity contribution is -0.142. The summed E-state index contributed by atoms with van der Waals surface area (Å²) in [7, 11) is 0. The highest BCUT2D eigenvalue weighted by atomic mass is 32.1. The van der Waals surface area contributed by atoms with Gasteiger partial charge < -0.3 is 11.1 Å². The van der Waals surface area contributed by atoms with Crippen molar-refractivity contribution in [3.63, 3.8) is 0 Å². The van der Waals surface area contributed by atoms with Gasteiger partial charge in [-0.2, -0.15) is 0 Å². The predicted molar refractivity (Wildman–Crippen MR) is 83.5 cm³/mol. The maximum atomic E-state index is 12.3. The topological polar surface area (TPSA) is 110 Å². The fourth-order valence-corrected chi connectivity index (χ4v) is 3.74. The summed E-state index contributed by atoms with van der Waals surface area (Å²) in [6.45, 7) is -0.346. The molecule has 1 saturated heterocycles. The molecule has 0 unspecified atom stereocenters. The summed E-state index contributed by atoms with van der Waals surface area (Å²) >= 11 is 1.15. The number of anilines is 1. The van der Waals surface area contributed by atoms with Crippen LogP contribution in [0.15, 0.2) is 23.6 Å². The van der Waals surface area contributed by atoms with Crippen LogP contribution in [0.1, 0.15) is 23.2 Å². The van der Waals surface area contributed by atoms with Crippen molar-refractivity contribution < 1.29 is 19.2 Å². The van der Waals surface area contributed by atoms with E-state index in [-0.39, 0.29) is 35.8 Å². The van der Waals surface area contributed by atoms with Gasteiger partial charge in [0.1, 0.15) is 11.5 Å². The average molecular weight is 333 g/mol. The summed E-state index contributed by atoms with van der Waals surface area (Å²) < 4.78 is 0. The second-order valence-electron chi connectivity index (χ2n) is 5.49. The number of carbonyl (C=O) groups is 4. The van der Waals surface area contributed by atoms with Gasteiger partial charge in [0.05, 0.1) is 17.4 Å². The minimum Gasteiger partial charge on any atom is -0.366 e. The maximum absolute atomic E-state index is 12.3. The quantitative estimate of drug-likeness (QED) is 0.625. The average Bonchev–Trinajstić information content (AvgIpc) is 3.07. The highest BCUT2D eigenvalue weighted by Crippen LogP contribution is 2.35. The Morgan fingerprint density at radius 1 is 1.22 bits per heavy atom. The number of hydrogen-bond acceptors (Lipinski definition) is 5. The van der Waals surface area contributed by atoms with E-state index in [1.54, 1.807) is 5.38 Å². The van der Waals surface area contributed by atoms with Crippen LogP contribution < -0.4 is 11.1 Å². The second kappa shape index (κ2) is 5.96. The van der Waals surface area contributed by atoms with E-state index >= 15 is 0 Å². The van der Waals surface area contributed by atoms with Crippen LogP contribution in [-0.2, 0) is 14.4 Å². The zero-order chi connectivity index (χ0) is 16.6. The summed E-state index contributed by atoms with van der Waals surface area (Å²) in [5.41, 5.74) is 5.42. The Hall–Kier alpha value is -2.48. The molecule has 1 aromatic rings. The van der Waals surface area contributed by atoms with Crippen LogP contribution in [0.3, 0.4) is 0 Å². The summed E-state index contributed by atoms with van der Waals surface area (Å²) in [6.07, 6.45) is 4.84. The molecular formula is C15H15N3O4S. The SMILES string of the molecule is NC(=O)c1ccsc1NC(=O)CN1C(=O)[C@H]2CC=CC[C@H]2C1=O. The number of nitrogens with zero attached hydrogens (tertiary/aromatic N) is 1. The van der Waals surface area contributed by atoms with E-state index in [9.17, 15) is 19.2 Å². The van der Waals surface area contributed by atoms with Gasteiger partial charge in [0.2, 0.25) is 17.7 Å². The van der Waals surface area contributed by atoms with Crippen LogP contribution in [-0.4, -0.2) is 35.1 Å². The lowest BCUT2D eigenvalue weighted by Crippen LogP contribution is -2.38. The smallest absolute Gasteiger partial charge is 0.251 e. The largest absolute Gasteiger partial charge is 0.366 e. The monoisotopic (exact) mass is 333 g/mol. The number of hydrogen-bond donors (Lipinski definition) is 2. The van der Waals surface area contributed by atoms with Gasteiger partial charge in [0, 0.05) is 0 Å². The lowest BCUT2D eigenvalue weighted by Gasteiger charge is -2.14. The number of fused-ring (bicyclic) bond motifs is 1. The predicted octanol–water partition coefficient (Wildman–Crippen LogP) is 0.737. The third-order valence-electron chi connectivity index (χ3n) is 4.08. The minimum atomic E-state index is -0.646. The van der Waals surface area contributed by atoms with Crippen molar-refractivity contribution in [3.8, 4) is 0 Å². The molecule has 1 fully saturated rings. The Morgan fingerprint density at radius 2 is 1.83 bits per heavy atom. The second-order valence-corrected chi connectivity index (χ2v) is 6.41. The number of nitrogens with one attached hydrogen (secondary N) is 1. The number of amides is 4. The third kappa shape index (κ3) is 2.77. The molecule has 0 radical (unpaired) electrons. The zero-order valence-electron chi connectivity index (χ0n) is 12.2. The minimum absolute atomic E-state index is 0.209. The number of allylic oxidation sites excluding steroid dienone is 2. The van der Waals surface area contributed by atoms with Crippen molar-refractivity contribution in [2.75, 3.05) is 11.9 Å². The highest BCUT2D eigenvalue weighted by molar-refractivity contribution is 7.14. The van der Waals surface area contributed by atoms with Crippen molar-refractivity contribution in [2.45, 2.75) is 12.8 Å². The molecule has 2 aliphatic rings. The van der Waals surface area contributed by atoms with Gasteiger partial charge in [0.25, 0.3) is 5.91 Å². The lowest BCUT2D eigenvalue weighted by atomic mass is 9.85. The van der Waals surface area contributed by atoms with E-state index in [1.165, 1.54) is 6.07 Å². The molecule has 3 N–H and O–H groups in total. The van der Waals surface area contributed by atoms with Crippen LogP contribution >= 0.6 is 11.3 Å². The maximum Gasteiger partial charge on any atom is 0.251 e. The molecule has 0 saturated carbocycles. The number of nitrogens with two attached hydrogens (primary N) is 1. The first kappa shape index (κ1) is 15.4. The molecule has 1 aliphatic carbocycles. The molecule has 23 heavy (non-hydrogen) atoms. The molecule has 0 bridgehead atoms. The first-order valence-electron chi connectivity index (χ1n) is 7.16. The third-order valence-corrected chi connectivity index (χ3v) is 4.91. The Bertz CT molecular complexity index is 698. The van der Waals surface area contributed by atoms with Crippen molar-refractivity contribution >= 4 is 40.0 Å². The van der Waals surface area contributed by atoms with E-state index in [4.69, 9.17) is 5.73 Å². The molecular weight excluding hydrogens is 318 g/mol. The van der Waals surface area contributed by atoms with E-state index < -0.39 is 11.8 Å². The fraction of sp³-hybridized carbons (Fsp3) is 0.333. The van der Waals surface area contributed by atoms with Crippen molar-refractivity contribution in [1.29, 1.82) is 0 Å². The number of carbonyl (C=O) groups excluding carboxylic acids is 4. The molecule has 120 valence electrons. The van der Waals surface area contributed by atoms with Gasteiger partial charge in [-0.15, -0.1) is 11.3 Å². The van der Waals surface area contributed by atoms with Crippen LogP contribution in [0.25, 0.3) is 0 Å². The van der Waals surface area contributed by atoms with Crippen LogP contribution in [0.5, 0.6) is 0 Å².